The third-order valence-corrected chi connectivity index (χ3v) is 21.6. The predicted octanol–water partition coefficient (Wildman–Crippen LogP) is 4.33. The van der Waals surface area contributed by atoms with Crippen molar-refractivity contribution >= 4 is 91.2 Å². The summed E-state index contributed by atoms with van der Waals surface area (Å²) in [5.41, 5.74) is 14.9. The van der Waals surface area contributed by atoms with Gasteiger partial charge in [0.05, 0.1) is 16.2 Å². The van der Waals surface area contributed by atoms with Crippen molar-refractivity contribution in [3.63, 3.8) is 0 Å². The number of aliphatic imine (C=N–C) groups is 2. The van der Waals surface area contributed by atoms with Crippen LogP contribution < -0.4 is 72.9 Å². The third-order valence-electron chi connectivity index (χ3n) is 18.3. The number of hydrogen-bond donors (Lipinski definition) is 13. The van der Waals surface area contributed by atoms with Crippen LogP contribution in [0, 0.1) is 65.2 Å². The predicted molar refractivity (Wildman–Crippen MR) is 413 cm³/mol. The van der Waals surface area contributed by atoms with E-state index in [-0.39, 0.29) is 97.9 Å². The molecule has 0 aromatic heterocycles. The van der Waals surface area contributed by atoms with E-state index < -0.39 is 163 Å². The van der Waals surface area contributed by atoms with Gasteiger partial charge in [-0.2, -0.15) is 0 Å². The number of fused-ring (bicyclic) bond motifs is 2. The van der Waals surface area contributed by atoms with E-state index in [4.69, 9.17) is 25.7 Å². The number of carboxylic acid groups (broad SMARTS) is 1. The van der Waals surface area contributed by atoms with E-state index in [2.05, 4.69) is 62.0 Å². The van der Waals surface area contributed by atoms with E-state index in [1.165, 1.54) is 13.8 Å². The molecule has 8 atom stereocenters. The van der Waals surface area contributed by atoms with Gasteiger partial charge in [-0.05, 0) is 205 Å². The van der Waals surface area contributed by atoms with Crippen LogP contribution in [0.4, 0.5) is 0 Å². The van der Waals surface area contributed by atoms with Crippen molar-refractivity contribution in [1.29, 1.82) is 0 Å². The molecule has 0 bridgehead atoms. The summed E-state index contributed by atoms with van der Waals surface area (Å²) in [7, 11) is -8.61. The van der Waals surface area contributed by atoms with E-state index in [1.807, 2.05) is 27.7 Å². The summed E-state index contributed by atoms with van der Waals surface area (Å²) in [6, 6.07) is -11.5. The van der Waals surface area contributed by atoms with E-state index >= 15 is 0 Å². The molecule has 34 heteroatoms. The smallest absolute Gasteiger partial charge is 0.326 e. The van der Waals surface area contributed by atoms with Crippen LogP contribution in [-0.2, 0) is 85.6 Å². The highest BCUT2D eigenvalue weighted by Crippen LogP contribution is 2.45. The van der Waals surface area contributed by atoms with Crippen LogP contribution in [0.1, 0.15) is 220 Å². The number of nitrogens with two attached hydrogens (primary N) is 2. The Bertz CT molecular complexity index is 4010. The number of aliphatic carboxylic acids is 1. The maximum atomic E-state index is 14.9. The summed E-state index contributed by atoms with van der Waals surface area (Å²) in [4.78, 5) is 148. The Kier molecular flexibility index (Phi) is 32.9. The fraction of sp³-hybridized carbons (Fsp3) is 0.680. The van der Waals surface area contributed by atoms with Gasteiger partial charge in [0.1, 0.15) is 76.6 Å². The van der Waals surface area contributed by atoms with Gasteiger partial charge in [-0.25, -0.2) is 31.1 Å². The zero-order valence-electron chi connectivity index (χ0n) is 67.9. The first-order valence-corrected chi connectivity index (χ1v) is 40.2. The Hall–Kier alpha value is -8.82. The number of nitrogens with zero attached hydrogens (tertiary/aromatic N) is 2. The highest BCUT2D eigenvalue weighted by atomic mass is 32.2. The second-order valence-electron chi connectivity index (χ2n) is 32.6. The van der Waals surface area contributed by atoms with E-state index in [9.17, 15) is 69.9 Å². The molecule has 2 aliphatic rings. The van der Waals surface area contributed by atoms with E-state index in [0.29, 0.717) is 57.7 Å². The number of esters is 1. The normalized spacial score (nSPS) is 16.3. The lowest BCUT2D eigenvalue weighted by molar-refractivity contribution is -0.156. The van der Waals surface area contributed by atoms with E-state index in [0.717, 1.165) is 11.1 Å². The number of carbonyl (C=O) groups is 10. The zero-order valence-corrected chi connectivity index (χ0v) is 69.5. The average molecular weight is 1570 g/mol. The molecule has 2 heterocycles. The van der Waals surface area contributed by atoms with Crippen LogP contribution >= 0.6 is 0 Å². The van der Waals surface area contributed by atoms with Gasteiger partial charge in [-0.1, -0.05) is 55.4 Å². The molecule has 8 amide bonds. The van der Waals surface area contributed by atoms with Gasteiger partial charge in [-0.3, -0.25) is 53.1 Å². The Morgan fingerprint density at radius 3 is 1.13 bits per heavy atom. The molecule has 612 valence electrons. The van der Waals surface area contributed by atoms with Crippen molar-refractivity contribution < 1.29 is 84.1 Å². The molecule has 0 aliphatic carbocycles. The molecule has 0 unspecified atom stereocenters. The molecule has 0 saturated heterocycles. The molecule has 2 aromatic carbocycles. The van der Waals surface area contributed by atoms with Gasteiger partial charge in [0.2, 0.25) is 59.2 Å². The summed E-state index contributed by atoms with van der Waals surface area (Å²) in [6.07, 6.45) is -0.285. The molecule has 109 heavy (non-hydrogen) atoms. The fourth-order valence-corrected chi connectivity index (χ4v) is 16.2. The van der Waals surface area contributed by atoms with Gasteiger partial charge in [0.15, 0.2) is 0 Å². The van der Waals surface area contributed by atoms with E-state index in [1.54, 1.807) is 118 Å². The largest absolute Gasteiger partial charge is 0.487 e. The number of sulfonamides is 2. The molecule has 0 saturated carbocycles. The van der Waals surface area contributed by atoms with Crippen LogP contribution in [0.15, 0.2) is 19.8 Å². The molecular weight excluding hydrogens is 1450 g/mol. The van der Waals surface area contributed by atoms with Gasteiger partial charge in [-0.15, -0.1) is 0 Å². The maximum Gasteiger partial charge on any atom is 0.326 e. The molecule has 2 aliphatic heterocycles. The van der Waals surface area contributed by atoms with Gasteiger partial charge in [0.25, 0.3) is 20.0 Å². The summed E-state index contributed by atoms with van der Waals surface area (Å²) in [6.45, 7) is 38.9. The van der Waals surface area contributed by atoms with Crippen LogP contribution in [0.5, 0.6) is 11.5 Å². The lowest BCUT2D eigenvalue weighted by Gasteiger charge is -2.29. The molecule has 0 spiro atoms. The summed E-state index contributed by atoms with van der Waals surface area (Å²) < 4.78 is 78.6. The monoisotopic (exact) mass is 1570 g/mol. The van der Waals surface area contributed by atoms with Crippen molar-refractivity contribution in [2.24, 2.45) is 45.1 Å². The zero-order chi connectivity index (χ0) is 83.1. The number of rotatable bonds is 38. The summed E-state index contributed by atoms with van der Waals surface area (Å²) in [5, 5.41) is 30.7. The van der Waals surface area contributed by atoms with Gasteiger partial charge < -0.3 is 73.3 Å². The van der Waals surface area contributed by atoms with Crippen molar-refractivity contribution in [2.45, 2.75) is 305 Å². The summed E-state index contributed by atoms with van der Waals surface area (Å²) in [5.74, 6) is -9.93. The lowest BCUT2D eigenvalue weighted by Crippen LogP contribution is -2.60. The number of ether oxygens (including phenoxy) is 3. The second kappa shape index (κ2) is 38.7. The quantitative estimate of drug-likeness (QED) is 0.0192. The SMILES string of the molecule is CC(=O)N[C@@H](CCCN=C(N)NS(=O)(=O)c1c(C)c(C)c2c(c1C)CC(C)(C)O2)C(=O)N[C@@H](CC(C)C)C(=O)N[C@@H](CC(=O)OC(C)(C)C)C(=O)N[C@@H](CC(C)C)C(=O)N[C@@H](CCCN=C(N)NS(=O)(=O)c1c(C)c(C)c2c(c1C)CC(C)(C)O2)C(=O)N[C@@H](CC(C)C)C(=O)N[C@@H](C)C(=O)N[C@@H](CC(C)C)C(=O)O. The standard InChI is InChI=1S/C75H122N14O18S2/c1-37(2)30-53(66(95)80-47(15)63(92)87-57(70(99)100)33-40(7)8)83-65(94)52(27-25-29-79-72(77)89-109(103,104)62-44(12)42(10)60-50(46(62)14)36-75(22,23)107-60)82-67(96)54(31-38(3)4)85-69(98)56(34-58(91)105-73(17,18)19)86-68(97)55(32-39(5)6)84-64(93)51(81-48(16)90)26-24-28-78-71(76)88-108(101,102)61-43(11)41(9)59-49(45(61)13)35-74(20,21)106-59/h37-40,47,51-57H,24-36H2,1-23H3,(H,80,95)(H,81,90)(H,82,96)(H,83,94)(H,84,93)(H,85,98)(H,86,97)(H,87,92)(H,99,100)(H3,76,78,88)(H3,77,79,89)/t47-,51-,52-,53-,54-,55-,56-,57-/m0/s1. The minimum Gasteiger partial charge on any atom is -0.487 e. The van der Waals surface area contributed by atoms with Crippen molar-refractivity contribution in [1.82, 2.24) is 52.0 Å². The van der Waals surface area contributed by atoms with Crippen LogP contribution in [0.25, 0.3) is 0 Å². The molecule has 2 aromatic rings. The molecule has 32 nitrogen and oxygen atoms in total. The third kappa shape index (κ3) is 27.6. The van der Waals surface area contributed by atoms with Gasteiger partial charge >= 0.3 is 11.9 Å². The first-order chi connectivity index (χ1) is 50.1. The first kappa shape index (κ1) is 92.6. The lowest BCUT2D eigenvalue weighted by atomic mass is 9.94. The molecule has 15 N–H and O–H groups in total. The molecular formula is C75H122N14O18S2. The summed E-state index contributed by atoms with van der Waals surface area (Å²) >= 11 is 0. The highest BCUT2D eigenvalue weighted by Gasteiger charge is 2.41. The number of guanidine groups is 2. The van der Waals surface area contributed by atoms with Gasteiger partial charge in [0, 0.05) is 44.0 Å². The number of carbonyl (C=O) groups excluding carboxylic acids is 9. The number of amides is 8. The maximum absolute atomic E-state index is 14.9. The van der Waals surface area contributed by atoms with Crippen LogP contribution in [0.2, 0.25) is 0 Å². The fourth-order valence-electron chi connectivity index (χ4n) is 13.1. The van der Waals surface area contributed by atoms with Crippen molar-refractivity contribution in [3.8, 4) is 11.5 Å². The average Bonchev–Trinajstić information content (AvgIpc) is 1.64. The molecule has 4 rings (SSSR count). The first-order valence-electron chi connectivity index (χ1n) is 37.2. The second-order valence-corrected chi connectivity index (χ2v) is 35.9. The molecule has 0 fully saturated rings. The Morgan fingerprint density at radius 2 is 0.780 bits per heavy atom. The number of hydrogen-bond acceptors (Lipinski definition) is 19. The number of carboxylic acids is 1. The number of nitrogens with one attached hydrogen (secondary N) is 10. The van der Waals surface area contributed by atoms with Crippen LogP contribution in [-0.4, -0.2) is 171 Å². The Labute approximate surface area is 643 Å². The van der Waals surface area contributed by atoms with Crippen molar-refractivity contribution in [2.75, 3.05) is 13.1 Å². The highest BCUT2D eigenvalue weighted by molar-refractivity contribution is 7.90. The number of benzene rings is 2. The minimum absolute atomic E-state index is 0.00250. The topological polar surface area (TPSA) is 484 Å². The Morgan fingerprint density at radius 1 is 0.468 bits per heavy atom. The molecule has 0 radical (unpaired) electrons. The Balaban J connectivity index is 1.66. The van der Waals surface area contributed by atoms with Crippen LogP contribution in [0.3, 0.4) is 0 Å². The van der Waals surface area contributed by atoms with Crippen molar-refractivity contribution in [3.05, 3.63) is 44.5 Å². The minimum atomic E-state index is -4.35.